The van der Waals surface area contributed by atoms with Crippen molar-refractivity contribution in [1.82, 2.24) is 10.2 Å². The summed E-state index contributed by atoms with van der Waals surface area (Å²) in [6.07, 6.45) is 0. The Balaban J connectivity index is 2.66. The van der Waals surface area contributed by atoms with Gasteiger partial charge in [-0.15, -0.1) is 0 Å². The minimum Gasteiger partial charge on any atom is -0.508 e. The van der Waals surface area contributed by atoms with Gasteiger partial charge in [0.2, 0.25) is 0 Å². The molecule has 0 spiro atoms. The van der Waals surface area contributed by atoms with Gasteiger partial charge in [-0.2, -0.15) is 0 Å². The topological polar surface area (TPSA) is 55.7 Å². The minimum absolute atomic E-state index is 0.0826. The molecule has 0 aliphatic carbocycles. The molecule has 0 aromatic heterocycles. The van der Waals surface area contributed by atoms with E-state index < -0.39 is 0 Å². The molecule has 0 saturated carbocycles. The summed E-state index contributed by atoms with van der Waals surface area (Å²) in [6.45, 7) is 7.30. The maximum atomic E-state index is 9.50. The standard InChI is InChI=1S/C15H26N2O2/c1-10(2)15(17(4)5)9-16-11(3)12-6-13(18)8-14(19)7-12/h6-8,10-11,15-16,18-19H,9H2,1-5H3. The summed E-state index contributed by atoms with van der Waals surface area (Å²) in [4.78, 5) is 2.21. The first-order valence-electron chi connectivity index (χ1n) is 6.74. The van der Waals surface area contributed by atoms with Crippen LogP contribution in [0.5, 0.6) is 11.5 Å². The molecule has 2 unspecified atom stereocenters. The summed E-state index contributed by atoms with van der Waals surface area (Å²) in [5, 5.41) is 22.5. The zero-order valence-electron chi connectivity index (χ0n) is 12.5. The average molecular weight is 266 g/mol. The van der Waals surface area contributed by atoms with Crippen molar-refractivity contribution in [2.45, 2.75) is 32.9 Å². The molecule has 4 nitrogen and oxygen atoms in total. The van der Waals surface area contributed by atoms with Gasteiger partial charge in [0, 0.05) is 24.7 Å². The Labute approximate surface area is 116 Å². The van der Waals surface area contributed by atoms with E-state index in [0.29, 0.717) is 12.0 Å². The van der Waals surface area contributed by atoms with Crippen LogP contribution in [-0.4, -0.2) is 41.8 Å². The molecule has 0 saturated heterocycles. The van der Waals surface area contributed by atoms with Crippen molar-refractivity contribution in [2.75, 3.05) is 20.6 Å². The van der Waals surface area contributed by atoms with Crippen LogP contribution in [0.15, 0.2) is 18.2 Å². The Morgan fingerprint density at radius 2 is 1.58 bits per heavy atom. The molecule has 2 atom stereocenters. The summed E-state index contributed by atoms with van der Waals surface area (Å²) in [5.41, 5.74) is 0.888. The molecule has 1 aromatic carbocycles. The maximum Gasteiger partial charge on any atom is 0.119 e. The third kappa shape index (κ3) is 4.73. The summed E-state index contributed by atoms with van der Waals surface area (Å²) < 4.78 is 0. The number of phenolic OH excluding ortho intramolecular Hbond substituents is 2. The molecule has 0 amide bonds. The molecule has 0 aliphatic rings. The van der Waals surface area contributed by atoms with Gasteiger partial charge in [0.05, 0.1) is 0 Å². The Hall–Kier alpha value is -1.26. The fourth-order valence-electron chi connectivity index (χ4n) is 2.30. The smallest absolute Gasteiger partial charge is 0.119 e. The van der Waals surface area contributed by atoms with Crippen LogP contribution in [-0.2, 0) is 0 Å². The van der Waals surface area contributed by atoms with Crippen molar-refractivity contribution in [3.63, 3.8) is 0 Å². The van der Waals surface area contributed by atoms with E-state index in [1.54, 1.807) is 12.1 Å². The lowest BCUT2D eigenvalue weighted by atomic mass is 10.0. The lowest BCUT2D eigenvalue weighted by molar-refractivity contribution is 0.220. The molecule has 4 heteroatoms. The second kappa shape index (κ2) is 6.78. The predicted octanol–water partition coefficient (Wildman–Crippen LogP) is 2.33. The average Bonchev–Trinajstić information content (AvgIpc) is 2.26. The summed E-state index contributed by atoms with van der Waals surface area (Å²) in [6, 6.07) is 5.23. The second-order valence-electron chi connectivity index (χ2n) is 5.69. The van der Waals surface area contributed by atoms with Crippen LogP contribution < -0.4 is 5.32 Å². The highest BCUT2D eigenvalue weighted by Gasteiger charge is 2.17. The van der Waals surface area contributed by atoms with Crippen LogP contribution in [0.1, 0.15) is 32.4 Å². The van der Waals surface area contributed by atoms with Crippen LogP contribution in [0.3, 0.4) is 0 Å². The first kappa shape index (κ1) is 15.8. The summed E-state index contributed by atoms with van der Waals surface area (Å²) in [5.74, 6) is 0.751. The lowest BCUT2D eigenvalue weighted by Gasteiger charge is -2.29. The van der Waals surface area contributed by atoms with E-state index in [-0.39, 0.29) is 17.5 Å². The number of nitrogens with one attached hydrogen (secondary N) is 1. The quantitative estimate of drug-likeness (QED) is 0.740. The van der Waals surface area contributed by atoms with Crippen LogP contribution >= 0.6 is 0 Å². The number of hydrogen-bond acceptors (Lipinski definition) is 4. The Morgan fingerprint density at radius 1 is 1.05 bits per heavy atom. The van der Waals surface area contributed by atoms with Gasteiger partial charge in [0.25, 0.3) is 0 Å². The Morgan fingerprint density at radius 3 is 2.00 bits per heavy atom. The molecular formula is C15H26N2O2. The van der Waals surface area contributed by atoms with E-state index >= 15 is 0 Å². The molecule has 0 bridgehead atoms. The Kier molecular flexibility index (Phi) is 5.63. The molecule has 1 rings (SSSR count). The fourth-order valence-corrected chi connectivity index (χ4v) is 2.30. The highest BCUT2D eigenvalue weighted by Crippen LogP contribution is 2.24. The van der Waals surface area contributed by atoms with E-state index in [1.165, 1.54) is 6.07 Å². The van der Waals surface area contributed by atoms with E-state index in [1.807, 2.05) is 6.92 Å². The van der Waals surface area contributed by atoms with Gasteiger partial charge in [-0.3, -0.25) is 0 Å². The van der Waals surface area contributed by atoms with Crippen molar-refractivity contribution in [3.05, 3.63) is 23.8 Å². The van der Waals surface area contributed by atoms with Crippen molar-refractivity contribution in [2.24, 2.45) is 5.92 Å². The fraction of sp³-hybridized carbons (Fsp3) is 0.600. The minimum atomic E-state index is 0.0826. The maximum absolute atomic E-state index is 9.50. The second-order valence-corrected chi connectivity index (χ2v) is 5.69. The van der Waals surface area contributed by atoms with Gasteiger partial charge in [0.15, 0.2) is 0 Å². The molecule has 0 aliphatic heterocycles. The van der Waals surface area contributed by atoms with Crippen LogP contribution in [0.2, 0.25) is 0 Å². The zero-order chi connectivity index (χ0) is 14.6. The summed E-state index contributed by atoms with van der Waals surface area (Å²) in [7, 11) is 4.16. The SMILES string of the molecule is CC(NCC(C(C)C)N(C)C)c1cc(O)cc(O)c1. The van der Waals surface area contributed by atoms with Gasteiger partial charge >= 0.3 is 0 Å². The summed E-state index contributed by atoms with van der Waals surface area (Å²) >= 11 is 0. The first-order valence-corrected chi connectivity index (χ1v) is 6.74. The third-order valence-corrected chi connectivity index (χ3v) is 3.49. The molecule has 19 heavy (non-hydrogen) atoms. The molecule has 0 fully saturated rings. The van der Waals surface area contributed by atoms with Gasteiger partial charge in [-0.05, 0) is 44.6 Å². The predicted molar refractivity (Wildman–Crippen MR) is 78.5 cm³/mol. The van der Waals surface area contributed by atoms with Crippen LogP contribution in [0, 0.1) is 5.92 Å². The van der Waals surface area contributed by atoms with Gasteiger partial charge < -0.3 is 20.4 Å². The Bertz CT molecular complexity index is 377. The highest BCUT2D eigenvalue weighted by molar-refractivity contribution is 5.37. The third-order valence-electron chi connectivity index (χ3n) is 3.49. The van der Waals surface area contributed by atoms with Crippen LogP contribution in [0.25, 0.3) is 0 Å². The van der Waals surface area contributed by atoms with Gasteiger partial charge in [-0.25, -0.2) is 0 Å². The molecule has 0 radical (unpaired) electrons. The number of hydrogen-bond donors (Lipinski definition) is 3. The van der Waals surface area contributed by atoms with E-state index in [0.717, 1.165) is 12.1 Å². The molecule has 108 valence electrons. The van der Waals surface area contributed by atoms with Crippen molar-refractivity contribution in [1.29, 1.82) is 0 Å². The largest absolute Gasteiger partial charge is 0.508 e. The van der Waals surface area contributed by atoms with Gasteiger partial charge in [0.1, 0.15) is 11.5 Å². The number of rotatable bonds is 6. The number of phenols is 2. The lowest BCUT2D eigenvalue weighted by Crippen LogP contribution is -2.42. The zero-order valence-corrected chi connectivity index (χ0v) is 12.5. The van der Waals surface area contributed by atoms with Crippen molar-refractivity contribution < 1.29 is 10.2 Å². The molecular weight excluding hydrogens is 240 g/mol. The number of nitrogens with zero attached hydrogens (tertiary/aromatic N) is 1. The number of aromatic hydroxyl groups is 2. The van der Waals surface area contributed by atoms with Crippen molar-refractivity contribution >= 4 is 0 Å². The van der Waals surface area contributed by atoms with Gasteiger partial charge in [-0.1, -0.05) is 13.8 Å². The molecule has 3 N–H and O–H groups in total. The van der Waals surface area contributed by atoms with Crippen LogP contribution in [0.4, 0.5) is 0 Å². The molecule has 1 aromatic rings. The monoisotopic (exact) mass is 266 g/mol. The highest BCUT2D eigenvalue weighted by atomic mass is 16.3. The molecule has 0 heterocycles. The van der Waals surface area contributed by atoms with E-state index in [4.69, 9.17) is 0 Å². The van der Waals surface area contributed by atoms with E-state index in [9.17, 15) is 10.2 Å². The van der Waals surface area contributed by atoms with E-state index in [2.05, 4.69) is 38.2 Å². The number of benzene rings is 1. The number of likely N-dealkylation sites (N-methyl/N-ethyl adjacent to an activating group) is 1. The normalized spacial score (nSPS) is 14.9. The van der Waals surface area contributed by atoms with Crippen molar-refractivity contribution in [3.8, 4) is 11.5 Å². The first-order chi connectivity index (χ1) is 8.81.